The summed E-state index contributed by atoms with van der Waals surface area (Å²) in [6.45, 7) is 1.46. The summed E-state index contributed by atoms with van der Waals surface area (Å²) in [4.78, 5) is 0. The van der Waals surface area contributed by atoms with E-state index in [-0.39, 0.29) is 19.8 Å². The number of hydrogen-bond donors (Lipinski definition) is 2. The molecular weight excluding hydrogens is 211 g/mol. The summed E-state index contributed by atoms with van der Waals surface area (Å²) in [5.74, 6) is 0. The van der Waals surface area contributed by atoms with Crippen molar-refractivity contribution in [1.82, 2.24) is 0 Å². The van der Waals surface area contributed by atoms with Crippen molar-refractivity contribution in [2.45, 2.75) is 37.9 Å². The van der Waals surface area contributed by atoms with Crippen LogP contribution in [0.4, 0.5) is 13.2 Å². The maximum absolute atomic E-state index is 11.7. The molecule has 0 fully saturated rings. The molecule has 0 rings (SSSR count). The number of ether oxygens (including phenoxy) is 1. The Morgan fingerprint density at radius 1 is 1.20 bits per heavy atom. The summed E-state index contributed by atoms with van der Waals surface area (Å²) in [6.07, 6.45) is -4.01. The van der Waals surface area contributed by atoms with Crippen molar-refractivity contribution < 1.29 is 23.0 Å². The van der Waals surface area contributed by atoms with Crippen LogP contribution in [0.15, 0.2) is 0 Å². The van der Waals surface area contributed by atoms with E-state index in [1.165, 1.54) is 0 Å². The molecule has 0 aromatic carbocycles. The molecule has 3 N–H and O–H groups in total. The summed E-state index contributed by atoms with van der Waals surface area (Å²) in [5.41, 5.74) is 4.94. The Bertz CT molecular complexity index is 171. The van der Waals surface area contributed by atoms with Crippen LogP contribution in [-0.4, -0.2) is 36.6 Å². The highest BCUT2D eigenvalue weighted by Crippen LogP contribution is 2.19. The second-order valence-electron chi connectivity index (χ2n) is 3.89. The van der Waals surface area contributed by atoms with E-state index >= 15 is 0 Å². The van der Waals surface area contributed by atoms with Crippen LogP contribution in [-0.2, 0) is 4.74 Å². The van der Waals surface area contributed by atoms with Gasteiger partial charge in [-0.05, 0) is 19.8 Å². The third-order valence-corrected chi connectivity index (χ3v) is 1.93. The molecule has 3 nitrogen and oxygen atoms in total. The standard InChI is InChI=1S/C9H18F3NO2/c1-8(13,7-14)3-2-5-15-6-4-9(10,11)12/h14H,2-7,13H2,1H3. The van der Waals surface area contributed by atoms with Gasteiger partial charge >= 0.3 is 6.18 Å². The molecule has 1 unspecified atom stereocenters. The summed E-state index contributed by atoms with van der Waals surface area (Å²) in [6, 6.07) is 0. The molecule has 0 aromatic rings. The maximum atomic E-state index is 11.7. The van der Waals surface area contributed by atoms with Crippen LogP contribution in [0.2, 0.25) is 0 Å². The number of rotatable bonds is 7. The highest BCUT2D eigenvalue weighted by atomic mass is 19.4. The third-order valence-electron chi connectivity index (χ3n) is 1.93. The van der Waals surface area contributed by atoms with Gasteiger partial charge in [0.25, 0.3) is 0 Å². The molecular formula is C9H18F3NO2. The molecule has 0 spiro atoms. The molecule has 92 valence electrons. The Kier molecular flexibility index (Phi) is 6.16. The van der Waals surface area contributed by atoms with Gasteiger partial charge in [0.05, 0.1) is 19.6 Å². The minimum Gasteiger partial charge on any atom is -0.394 e. The van der Waals surface area contributed by atoms with Crippen molar-refractivity contribution >= 4 is 0 Å². The van der Waals surface area contributed by atoms with Crippen LogP contribution < -0.4 is 5.73 Å². The van der Waals surface area contributed by atoms with Gasteiger partial charge in [-0.25, -0.2) is 0 Å². The molecule has 6 heteroatoms. The number of hydrogen-bond acceptors (Lipinski definition) is 3. The summed E-state index contributed by atoms with van der Waals surface area (Å²) in [5, 5.41) is 8.79. The zero-order valence-electron chi connectivity index (χ0n) is 8.81. The lowest BCUT2D eigenvalue weighted by atomic mass is 9.99. The monoisotopic (exact) mass is 229 g/mol. The molecule has 0 bridgehead atoms. The highest BCUT2D eigenvalue weighted by molar-refractivity contribution is 4.76. The second-order valence-corrected chi connectivity index (χ2v) is 3.89. The second kappa shape index (κ2) is 6.30. The van der Waals surface area contributed by atoms with Gasteiger partial charge in [0.15, 0.2) is 0 Å². The van der Waals surface area contributed by atoms with E-state index in [2.05, 4.69) is 0 Å². The van der Waals surface area contributed by atoms with Crippen molar-refractivity contribution in [2.75, 3.05) is 19.8 Å². The fourth-order valence-electron chi connectivity index (χ4n) is 0.947. The lowest BCUT2D eigenvalue weighted by Gasteiger charge is -2.21. The largest absolute Gasteiger partial charge is 0.394 e. The predicted octanol–water partition coefficient (Wildman–Crippen LogP) is 1.45. The molecule has 0 aromatic heterocycles. The number of aliphatic hydroxyl groups is 1. The predicted molar refractivity (Wildman–Crippen MR) is 50.4 cm³/mol. The molecule has 0 saturated heterocycles. The Labute approximate surface area is 87.4 Å². The summed E-state index contributed by atoms with van der Waals surface area (Å²) < 4.78 is 39.8. The molecule has 0 aliphatic carbocycles. The lowest BCUT2D eigenvalue weighted by molar-refractivity contribution is -0.145. The first-order chi connectivity index (χ1) is 6.77. The Hall–Kier alpha value is -0.330. The van der Waals surface area contributed by atoms with Crippen LogP contribution in [0, 0.1) is 0 Å². The summed E-state index contributed by atoms with van der Waals surface area (Å²) in [7, 11) is 0. The Morgan fingerprint density at radius 3 is 2.27 bits per heavy atom. The van der Waals surface area contributed by atoms with Crippen molar-refractivity contribution in [1.29, 1.82) is 0 Å². The van der Waals surface area contributed by atoms with Crippen LogP contribution in [0.5, 0.6) is 0 Å². The van der Waals surface area contributed by atoms with E-state index < -0.39 is 18.1 Å². The average molecular weight is 229 g/mol. The third kappa shape index (κ3) is 9.96. The van der Waals surface area contributed by atoms with Gasteiger partial charge in [0.1, 0.15) is 0 Å². The number of halogens is 3. The quantitative estimate of drug-likeness (QED) is 0.649. The van der Waals surface area contributed by atoms with Gasteiger partial charge in [-0.2, -0.15) is 13.2 Å². The van der Waals surface area contributed by atoms with Crippen LogP contribution in [0.25, 0.3) is 0 Å². The van der Waals surface area contributed by atoms with Crippen molar-refractivity contribution in [3.8, 4) is 0 Å². The average Bonchev–Trinajstić information content (AvgIpc) is 2.09. The molecule has 15 heavy (non-hydrogen) atoms. The smallest absolute Gasteiger partial charge is 0.391 e. The SMILES string of the molecule is CC(N)(CO)CCCOCCC(F)(F)F. The first-order valence-electron chi connectivity index (χ1n) is 4.81. The van der Waals surface area contributed by atoms with Crippen LogP contribution in [0.3, 0.4) is 0 Å². The van der Waals surface area contributed by atoms with Gasteiger partial charge in [-0.15, -0.1) is 0 Å². The molecule has 0 aliphatic rings. The normalized spacial score (nSPS) is 16.4. The van der Waals surface area contributed by atoms with Gasteiger partial charge in [0, 0.05) is 12.1 Å². The van der Waals surface area contributed by atoms with E-state index in [0.717, 1.165) is 0 Å². The van der Waals surface area contributed by atoms with Crippen molar-refractivity contribution in [3.05, 3.63) is 0 Å². The zero-order chi connectivity index (χ0) is 11.9. The van der Waals surface area contributed by atoms with E-state index in [9.17, 15) is 13.2 Å². The fraction of sp³-hybridized carbons (Fsp3) is 1.00. The fourth-order valence-corrected chi connectivity index (χ4v) is 0.947. The molecule has 1 atom stereocenters. The maximum Gasteiger partial charge on any atom is 0.391 e. The topological polar surface area (TPSA) is 55.5 Å². The van der Waals surface area contributed by atoms with Crippen LogP contribution >= 0.6 is 0 Å². The van der Waals surface area contributed by atoms with Gasteiger partial charge in [-0.3, -0.25) is 0 Å². The van der Waals surface area contributed by atoms with Crippen molar-refractivity contribution in [3.63, 3.8) is 0 Å². The minimum atomic E-state index is -4.16. The zero-order valence-corrected chi connectivity index (χ0v) is 8.81. The molecule has 0 aliphatic heterocycles. The van der Waals surface area contributed by atoms with Gasteiger partial charge in [0.2, 0.25) is 0 Å². The number of nitrogens with two attached hydrogens (primary N) is 1. The molecule has 0 amide bonds. The minimum absolute atomic E-state index is 0.143. The molecule has 0 radical (unpaired) electrons. The molecule has 0 heterocycles. The first kappa shape index (κ1) is 14.7. The van der Waals surface area contributed by atoms with Crippen LogP contribution in [0.1, 0.15) is 26.2 Å². The number of aliphatic hydroxyl groups excluding tert-OH is 1. The molecule has 0 saturated carbocycles. The van der Waals surface area contributed by atoms with E-state index in [0.29, 0.717) is 12.8 Å². The number of alkyl halides is 3. The van der Waals surface area contributed by atoms with E-state index in [1.807, 2.05) is 0 Å². The Balaban J connectivity index is 3.33. The summed E-state index contributed by atoms with van der Waals surface area (Å²) >= 11 is 0. The first-order valence-corrected chi connectivity index (χ1v) is 4.81. The van der Waals surface area contributed by atoms with E-state index in [1.54, 1.807) is 6.92 Å². The Morgan fingerprint density at radius 2 is 1.80 bits per heavy atom. The van der Waals surface area contributed by atoms with Crippen molar-refractivity contribution in [2.24, 2.45) is 5.73 Å². The lowest BCUT2D eigenvalue weighted by Crippen LogP contribution is -2.40. The highest BCUT2D eigenvalue weighted by Gasteiger charge is 2.26. The van der Waals surface area contributed by atoms with Gasteiger partial charge in [-0.1, -0.05) is 0 Å². The van der Waals surface area contributed by atoms with E-state index in [4.69, 9.17) is 15.6 Å². The van der Waals surface area contributed by atoms with Gasteiger partial charge < -0.3 is 15.6 Å².